The Balaban J connectivity index is 4.53. The van der Waals surface area contributed by atoms with Crippen LogP contribution in [0.2, 0.25) is 0 Å². The Morgan fingerprint density at radius 1 is 1.00 bits per heavy atom. The molecular formula is C17H32O4. The van der Waals surface area contributed by atoms with Gasteiger partial charge in [-0.1, -0.05) is 47.0 Å². The third-order valence-electron chi connectivity index (χ3n) is 3.01. The molecule has 0 aliphatic carbocycles. The summed E-state index contributed by atoms with van der Waals surface area (Å²) in [6.45, 7) is 13.1. The molecule has 0 N–H and O–H groups in total. The van der Waals surface area contributed by atoms with Gasteiger partial charge in [-0.3, -0.25) is 4.79 Å². The number of carbonyl (C=O) groups excluding carboxylic acids is 2. The van der Waals surface area contributed by atoms with Gasteiger partial charge in [-0.25, -0.2) is 4.79 Å². The van der Waals surface area contributed by atoms with E-state index in [0.717, 1.165) is 19.3 Å². The lowest BCUT2D eigenvalue weighted by Crippen LogP contribution is -2.36. The molecule has 0 rings (SSSR count). The Bertz CT molecular complexity index is 334. The van der Waals surface area contributed by atoms with Crippen LogP contribution in [0.1, 0.15) is 74.1 Å². The van der Waals surface area contributed by atoms with Crippen LogP contribution in [0, 0.1) is 5.41 Å². The van der Waals surface area contributed by atoms with Gasteiger partial charge < -0.3 is 9.47 Å². The van der Waals surface area contributed by atoms with E-state index in [0.29, 0.717) is 6.42 Å². The third kappa shape index (κ3) is 9.62. The topological polar surface area (TPSA) is 52.6 Å². The highest BCUT2D eigenvalue weighted by Gasteiger charge is 2.28. The smallest absolute Gasteiger partial charge is 0.335 e. The fourth-order valence-corrected chi connectivity index (χ4v) is 1.68. The Morgan fingerprint density at radius 2 is 1.57 bits per heavy atom. The first-order valence-corrected chi connectivity index (χ1v) is 7.85. The second kappa shape index (κ2) is 8.52. The lowest BCUT2D eigenvalue weighted by molar-refractivity contribution is -0.169. The van der Waals surface area contributed by atoms with Crippen LogP contribution in [0.5, 0.6) is 0 Å². The van der Waals surface area contributed by atoms with E-state index in [2.05, 4.69) is 6.92 Å². The summed E-state index contributed by atoms with van der Waals surface area (Å²) < 4.78 is 10.9. The maximum Gasteiger partial charge on any atom is 0.335 e. The van der Waals surface area contributed by atoms with Crippen LogP contribution in [0.4, 0.5) is 0 Å². The molecular weight excluding hydrogens is 268 g/mol. The van der Waals surface area contributed by atoms with Gasteiger partial charge in [0.05, 0.1) is 5.60 Å². The van der Waals surface area contributed by atoms with E-state index in [9.17, 15) is 9.59 Å². The van der Waals surface area contributed by atoms with Crippen molar-refractivity contribution in [3.63, 3.8) is 0 Å². The van der Waals surface area contributed by atoms with E-state index in [4.69, 9.17) is 9.47 Å². The summed E-state index contributed by atoms with van der Waals surface area (Å²) in [5.74, 6) is -0.516. The molecule has 0 aromatic carbocycles. The summed E-state index contributed by atoms with van der Waals surface area (Å²) >= 11 is 0. The lowest BCUT2D eigenvalue weighted by Gasteiger charge is -2.26. The number of ether oxygens (including phenoxy) is 2. The van der Waals surface area contributed by atoms with Gasteiger partial charge in [-0.15, -0.1) is 0 Å². The molecule has 0 amide bonds. The van der Waals surface area contributed by atoms with Gasteiger partial charge in [-0.05, 0) is 27.2 Å². The third-order valence-corrected chi connectivity index (χ3v) is 3.01. The number of carbonyl (C=O) groups is 2. The monoisotopic (exact) mass is 300 g/mol. The second-order valence-electron chi connectivity index (χ2n) is 7.50. The largest absolute Gasteiger partial charge is 0.456 e. The normalized spacial score (nSPS) is 13.9. The van der Waals surface area contributed by atoms with Crippen LogP contribution in [0.25, 0.3) is 0 Å². The van der Waals surface area contributed by atoms with Gasteiger partial charge in [-0.2, -0.15) is 0 Å². The molecule has 0 heterocycles. The molecule has 0 bridgehead atoms. The molecule has 4 nitrogen and oxygen atoms in total. The molecule has 0 radical (unpaired) electrons. The predicted octanol–water partition coefficient (Wildman–Crippen LogP) is 3.91. The molecule has 21 heavy (non-hydrogen) atoms. The standard InChI is InChI=1S/C17H32O4/c1-8-9-10-11-13(21-17(5,6)7)15(19)20-12-14(18)16(2,3)4/h13H,8-12H2,1-7H3. The summed E-state index contributed by atoms with van der Waals surface area (Å²) in [5.41, 5.74) is -0.910. The van der Waals surface area contributed by atoms with E-state index in [-0.39, 0.29) is 12.4 Å². The molecule has 0 saturated carbocycles. The second-order valence-corrected chi connectivity index (χ2v) is 7.50. The predicted molar refractivity (Wildman–Crippen MR) is 84.2 cm³/mol. The van der Waals surface area contributed by atoms with Crippen LogP contribution in [-0.4, -0.2) is 30.1 Å². The van der Waals surface area contributed by atoms with Crippen molar-refractivity contribution >= 4 is 11.8 Å². The number of esters is 1. The van der Waals surface area contributed by atoms with Crippen molar-refractivity contribution in [3.8, 4) is 0 Å². The van der Waals surface area contributed by atoms with Gasteiger partial charge in [0.15, 0.2) is 18.5 Å². The van der Waals surface area contributed by atoms with Crippen molar-refractivity contribution in [2.45, 2.75) is 85.9 Å². The van der Waals surface area contributed by atoms with Crippen molar-refractivity contribution < 1.29 is 19.1 Å². The summed E-state index contributed by atoms with van der Waals surface area (Å²) in [7, 11) is 0. The van der Waals surface area contributed by atoms with Crippen LogP contribution >= 0.6 is 0 Å². The summed E-state index contributed by atoms with van der Waals surface area (Å²) in [5, 5.41) is 0. The van der Waals surface area contributed by atoms with Gasteiger partial charge in [0.25, 0.3) is 0 Å². The number of hydrogen-bond donors (Lipinski definition) is 0. The number of hydrogen-bond acceptors (Lipinski definition) is 4. The Labute approximate surface area is 129 Å². The van der Waals surface area contributed by atoms with Crippen molar-refractivity contribution in [2.24, 2.45) is 5.41 Å². The van der Waals surface area contributed by atoms with E-state index in [1.807, 2.05) is 41.5 Å². The first-order chi connectivity index (χ1) is 9.47. The average Bonchev–Trinajstić information content (AvgIpc) is 2.31. The van der Waals surface area contributed by atoms with Gasteiger partial charge >= 0.3 is 5.97 Å². The Kier molecular flexibility index (Phi) is 8.16. The molecule has 0 aromatic rings. The molecule has 0 aliphatic heterocycles. The molecule has 124 valence electrons. The quantitative estimate of drug-likeness (QED) is 0.504. The zero-order chi connectivity index (χ0) is 16.7. The molecule has 1 unspecified atom stereocenters. The van der Waals surface area contributed by atoms with Crippen molar-refractivity contribution in [1.82, 2.24) is 0 Å². The van der Waals surface area contributed by atoms with Crippen molar-refractivity contribution in [2.75, 3.05) is 6.61 Å². The molecule has 4 heteroatoms. The van der Waals surface area contributed by atoms with E-state index < -0.39 is 23.1 Å². The van der Waals surface area contributed by atoms with E-state index in [1.54, 1.807) is 0 Å². The highest BCUT2D eigenvalue weighted by molar-refractivity contribution is 5.87. The first kappa shape index (κ1) is 20.1. The maximum atomic E-state index is 12.1. The van der Waals surface area contributed by atoms with Gasteiger partial charge in [0.2, 0.25) is 0 Å². The number of Topliss-reactive ketones (excluding diaryl/α,β-unsaturated/α-hetero) is 1. The molecule has 0 aromatic heterocycles. The summed E-state index contributed by atoms with van der Waals surface area (Å²) in [6.07, 6.45) is 3.09. The number of ketones is 1. The fraction of sp³-hybridized carbons (Fsp3) is 0.882. The minimum absolute atomic E-state index is 0.0843. The van der Waals surface area contributed by atoms with Gasteiger partial charge in [0, 0.05) is 5.41 Å². The molecule has 0 fully saturated rings. The van der Waals surface area contributed by atoms with Crippen LogP contribution in [-0.2, 0) is 19.1 Å². The average molecular weight is 300 g/mol. The van der Waals surface area contributed by atoms with Crippen LogP contribution < -0.4 is 0 Å². The summed E-state index contributed by atoms with van der Waals surface area (Å²) in [6, 6.07) is 0. The SMILES string of the molecule is CCCCCC(OC(C)(C)C)C(=O)OCC(=O)C(C)(C)C. The highest BCUT2D eigenvalue weighted by atomic mass is 16.6. The fourth-order valence-electron chi connectivity index (χ4n) is 1.68. The highest BCUT2D eigenvalue weighted by Crippen LogP contribution is 2.18. The minimum atomic E-state index is -0.593. The van der Waals surface area contributed by atoms with Crippen molar-refractivity contribution in [3.05, 3.63) is 0 Å². The number of unbranched alkanes of at least 4 members (excludes halogenated alkanes) is 2. The molecule has 0 spiro atoms. The Hall–Kier alpha value is -0.900. The molecule has 1 atom stereocenters. The zero-order valence-corrected chi connectivity index (χ0v) is 14.7. The maximum absolute atomic E-state index is 12.1. The van der Waals surface area contributed by atoms with Crippen molar-refractivity contribution in [1.29, 1.82) is 0 Å². The van der Waals surface area contributed by atoms with Crippen LogP contribution in [0.15, 0.2) is 0 Å². The van der Waals surface area contributed by atoms with Gasteiger partial charge in [0.1, 0.15) is 0 Å². The lowest BCUT2D eigenvalue weighted by atomic mass is 9.91. The number of rotatable bonds is 8. The first-order valence-electron chi connectivity index (χ1n) is 7.85. The Morgan fingerprint density at radius 3 is 2.00 bits per heavy atom. The van der Waals surface area contributed by atoms with E-state index in [1.165, 1.54) is 0 Å². The minimum Gasteiger partial charge on any atom is -0.456 e. The van der Waals surface area contributed by atoms with Crippen LogP contribution in [0.3, 0.4) is 0 Å². The summed E-state index contributed by atoms with van der Waals surface area (Å²) in [4.78, 5) is 24.0. The molecule has 0 aliphatic rings. The zero-order valence-electron chi connectivity index (χ0n) is 14.7. The molecule has 0 saturated heterocycles. The van der Waals surface area contributed by atoms with E-state index >= 15 is 0 Å².